The van der Waals surface area contributed by atoms with E-state index < -0.39 is 0 Å². The van der Waals surface area contributed by atoms with E-state index in [1.807, 2.05) is 0 Å². The largest absolute Gasteiger partial charge is 0.457 e. The number of unbranched alkanes of at least 4 members (excludes halogenated alkanes) is 1. The molecule has 1 aliphatic heterocycles. The molecule has 0 amide bonds. The van der Waals surface area contributed by atoms with Crippen LogP contribution in [-0.2, 0) is 20.7 Å². The third-order valence-corrected chi connectivity index (χ3v) is 11.7. The van der Waals surface area contributed by atoms with Crippen LogP contribution in [0.1, 0.15) is 90.0 Å². The van der Waals surface area contributed by atoms with Crippen molar-refractivity contribution in [1.82, 2.24) is 4.90 Å². The summed E-state index contributed by atoms with van der Waals surface area (Å²) in [6.07, 6.45) is 13.4. The van der Waals surface area contributed by atoms with Crippen molar-refractivity contribution in [2.45, 2.75) is 96.5 Å². The minimum absolute atomic E-state index is 0.0144. The Morgan fingerprint density at radius 3 is 2.61 bits per heavy atom. The first-order valence-electron chi connectivity index (χ1n) is 14.8. The normalized spacial score (nSPS) is 42.5. The summed E-state index contributed by atoms with van der Waals surface area (Å²) >= 11 is 0. The smallest absolute Gasteiger partial charge is 0.320 e. The summed E-state index contributed by atoms with van der Waals surface area (Å²) in [4.78, 5) is 27.9. The van der Waals surface area contributed by atoms with E-state index in [-0.39, 0.29) is 17.0 Å². The lowest BCUT2D eigenvalue weighted by Crippen LogP contribution is -2.61. The van der Waals surface area contributed by atoms with Crippen molar-refractivity contribution in [3.63, 3.8) is 0 Å². The number of aryl methyl sites for hydroxylation is 1. The van der Waals surface area contributed by atoms with E-state index in [0.717, 1.165) is 76.3 Å². The molecule has 0 unspecified atom stereocenters. The Balaban J connectivity index is 1.09. The van der Waals surface area contributed by atoms with Gasteiger partial charge in [-0.1, -0.05) is 44.2 Å². The van der Waals surface area contributed by atoms with Crippen LogP contribution < -0.4 is 0 Å². The Morgan fingerprint density at radius 1 is 0.944 bits per heavy atom. The third kappa shape index (κ3) is 4.16. The van der Waals surface area contributed by atoms with Gasteiger partial charge in [0.05, 0.1) is 6.54 Å². The van der Waals surface area contributed by atoms with E-state index in [9.17, 15) is 9.59 Å². The van der Waals surface area contributed by atoms with E-state index >= 15 is 0 Å². The van der Waals surface area contributed by atoms with Gasteiger partial charge in [-0.25, -0.2) is 0 Å². The van der Waals surface area contributed by atoms with Crippen LogP contribution in [0.2, 0.25) is 0 Å². The Morgan fingerprint density at radius 2 is 1.78 bits per heavy atom. The molecule has 6 rings (SSSR count). The van der Waals surface area contributed by atoms with Crippen molar-refractivity contribution < 1.29 is 14.3 Å². The van der Waals surface area contributed by atoms with Gasteiger partial charge in [-0.2, -0.15) is 0 Å². The van der Waals surface area contributed by atoms with Gasteiger partial charge < -0.3 is 4.74 Å². The Labute approximate surface area is 217 Å². The number of Topliss-reactive ketones (excluding diaryl/α,β-unsaturated/α-hetero) is 1. The number of esters is 1. The van der Waals surface area contributed by atoms with Gasteiger partial charge in [0, 0.05) is 18.4 Å². The number of ether oxygens (including phenoxy) is 1. The standard InChI is InChI=1S/C32H45NO3/c1-30-17-18-32(22-33(21-29(35)36-32)19-7-6-10-23-8-4-3-5-9-23)20-24(30)11-12-25-26-13-14-28(34)31(26,2)16-15-27(25)30/h3-5,8-9,24-27H,6-7,10-22H2,1-2H3/t24-,25-,26-,27-,30-,31-,32+/m0/s1. The number of morpholine rings is 1. The molecular formula is C32H45NO3. The lowest BCUT2D eigenvalue weighted by Gasteiger charge is -2.62. The number of benzene rings is 1. The van der Waals surface area contributed by atoms with Crippen LogP contribution in [0.3, 0.4) is 0 Å². The first kappa shape index (κ1) is 24.6. The van der Waals surface area contributed by atoms with E-state index in [2.05, 4.69) is 49.1 Å². The molecule has 4 saturated carbocycles. The number of fused-ring (bicyclic) bond motifs is 5. The highest BCUT2D eigenvalue weighted by Crippen LogP contribution is 2.66. The molecule has 196 valence electrons. The Bertz CT molecular complexity index is 992. The summed E-state index contributed by atoms with van der Waals surface area (Å²) in [5.74, 6) is 3.24. The van der Waals surface area contributed by atoms with Gasteiger partial charge >= 0.3 is 5.97 Å². The zero-order chi connectivity index (χ0) is 25.0. The molecule has 1 spiro atoms. The molecule has 1 saturated heterocycles. The molecular weight excluding hydrogens is 446 g/mol. The number of hydrogen-bond acceptors (Lipinski definition) is 4. The van der Waals surface area contributed by atoms with Crippen LogP contribution in [0.25, 0.3) is 0 Å². The quantitative estimate of drug-likeness (QED) is 0.362. The Kier molecular flexibility index (Phi) is 6.34. The van der Waals surface area contributed by atoms with Crippen molar-refractivity contribution in [3.8, 4) is 0 Å². The topological polar surface area (TPSA) is 46.6 Å². The second-order valence-electron chi connectivity index (χ2n) is 13.6. The fraction of sp³-hybridized carbons (Fsp3) is 0.750. The number of carbonyl (C=O) groups is 2. The van der Waals surface area contributed by atoms with Crippen molar-refractivity contribution in [1.29, 1.82) is 0 Å². The zero-order valence-corrected chi connectivity index (χ0v) is 22.5. The van der Waals surface area contributed by atoms with Gasteiger partial charge in [0.25, 0.3) is 0 Å². The molecule has 5 fully saturated rings. The van der Waals surface area contributed by atoms with Gasteiger partial charge in [0.1, 0.15) is 11.4 Å². The van der Waals surface area contributed by atoms with Crippen molar-refractivity contribution in [3.05, 3.63) is 35.9 Å². The van der Waals surface area contributed by atoms with Crippen molar-refractivity contribution in [2.24, 2.45) is 34.5 Å². The first-order valence-corrected chi connectivity index (χ1v) is 14.8. The summed E-state index contributed by atoms with van der Waals surface area (Å²) in [6, 6.07) is 10.7. The summed E-state index contributed by atoms with van der Waals surface area (Å²) < 4.78 is 6.22. The molecule has 0 bridgehead atoms. The maximum Gasteiger partial charge on any atom is 0.320 e. The van der Waals surface area contributed by atoms with E-state index in [0.29, 0.717) is 29.6 Å². The average Bonchev–Trinajstić information content (AvgIpc) is 3.17. The minimum Gasteiger partial charge on any atom is -0.457 e. The number of rotatable bonds is 5. The maximum absolute atomic E-state index is 12.8. The molecule has 1 aromatic rings. The molecule has 4 heteroatoms. The predicted octanol–water partition coefficient (Wildman–Crippen LogP) is 6.22. The highest BCUT2D eigenvalue weighted by Gasteiger charge is 2.62. The maximum atomic E-state index is 12.8. The molecule has 0 N–H and O–H groups in total. The van der Waals surface area contributed by atoms with Gasteiger partial charge in [-0.15, -0.1) is 0 Å². The second-order valence-corrected chi connectivity index (χ2v) is 13.6. The lowest BCUT2D eigenvalue weighted by molar-refractivity contribution is -0.199. The summed E-state index contributed by atoms with van der Waals surface area (Å²) in [6.45, 7) is 7.20. The van der Waals surface area contributed by atoms with Crippen LogP contribution in [0.4, 0.5) is 0 Å². The second kappa shape index (κ2) is 9.26. The monoisotopic (exact) mass is 491 g/mol. The molecule has 1 heterocycles. The predicted molar refractivity (Wildman–Crippen MR) is 141 cm³/mol. The highest BCUT2D eigenvalue weighted by molar-refractivity contribution is 5.87. The summed E-state index contributed by atoms with van der Waals surface area (Å²) in [5.41, 5.74) is 1.42. The van der Waals surface area contributed by atoms with Crippen molar-refractivity contribution >= 4 is 11.8 Å². The molecule has 0 aromatic heterocycles. The third-order valence-electron chi connectivity index (χ3n) is 11.7. The zero-order valence-electron chi connectivity index (χ0n) is 22.5. The minimum atomic E-state index is -0.279. The van der Waals surface area contributed by atoms with Crippen molar-refractivity contribution in [2.75, 3.05) is 19.6 Å². The molecule has 4 nitrogen and oxygen atoms in total. The number of hydrogen-bond donors (Lipinski definition) is 0. The highest BCUT2D eigenvalue weighted by atomic mass is 16.6. The van der Waals surface area contributed by atoms with E-state index in [1.165, 1.54) is 31.2 Å². The van der Waals surface area contributed by atoms with Crippen LogP contribution in [0.5, 0.6) is 0 Å². The van der Waals surface area contributed by atoms with Gasteiger partial charge in [0.2, 0.25) is 0 Å². The molecule has 4 aliphatic carbocycles. The molecule has 7 atom stereocenters. The van der Waals surface area contributed by atoms with Crippen LogP contribution >= 0.6 is 0 Å². The first-order chi connectivity index (χ1) is 17.3. The number of nitrogens with zero attached hydrogens (tertiary/aromatic N) is 1. The lowest BCUT2D eigenvalue weighted by atomic mass is 9.44. The Hall–Kier alpha value is -1.68. The van der Waals surface area contributed by atoms with Gasteiger partial charge in [-0.05, 0) is 112 Å². The molecule has 1 aromatic carbocycles. The number of ketones is 1. The fourth-order valence-corrected chi connectivity index (χ4v) is 9.73. The average molecular weight is 492 g/mol. The summed E-state index contributed by atoms with van der Waals surface area (Å²) in [7, 11) is 0. The summed E-state index contributed by atoms with van der Waals surface area (Å²) in [5, 5.41) is 0. The van der Waals surface area contributed by atoms with Crippen LogP contribution in [0, 0.1) is 34.5 Å². The van der Waals surface area contributed by atoms with E-state index in [1.54, 1.807) is 0 Å². The van der Waals surface area contributed by atoms with Crippen LogP contribution in [-0.4, -0.2) is 41.9 Å². The molecule has 36 heavy (non-hydrogen) atoms. The molecule has 5 aliphatic rings. The van der Waals surface area contributed by atoms with E-state index in [4.69, 9.17) is 4.74 Å². The molecule has 0 radical (unpaired) electrons. The number of carbonyl (C=O) groups excluding carboxylic acids is 2. The fourth-order valence-electron chi connectivity index (χ4n) is 9.73. The van der Waals surface area contributed by atoms with Gasteiger partial charge in [0.15, 0.2) is 0 Å². The van der Waals surface area contributed by atoms with Crippen LogP contribution in [0.15, 0.2) is 30.3 Å². The SMILES string of the molecule is C[C@]12CC[C@@]3(C[C@@H]1CC[C@@H]1[C@@H]2CC[C@]2(C)C(=O)CC[C@@H]12)CN(CCCCc1ccccc1)CC(=O)O3. The van der Waals surface area contributed by atoms with Gasteiger partial charge in [-0.3, -0.25) is 14.5 Å².